The van der Waals surface area contributed by atoms with Crippen molar-refractivity contribution in [3.63, 3.8) is 0 Å². The average Bonchev–Trinajstić information content (AvgIpc) is 2.96. The monoisotopic (exact) mass is 362 g/mol. The average molecular weight is 363 g/mol. The van der Waals surface area contributed by atoms with Crippen LogP contribution in [0.3, 0.4) is 0 Å². The van der Waals surface area contributed by atoms with Crippen LogP contribution in [-0.4, -0.2) is 39.7 Å². The first-order valence-corrected chi connectivity index (χ1v) is 8.18. The fourth-order valence-corrected chi connectivity index (χ4v) is 3.26. The molecular weight excluding hydrogens is 340 g/mol. The second-order valence-electron chi connectivity index (χ2n) is 6.39. The van der Waals surface area contributed by atoms with Gasteiger partial charge in [-0.1, -0.05) is 18.2 Å². The zero-order valence-corrected chi connectivity index (χ0v) is 15.2. The van der Waals surface area contributed by atoms with Gasteiger partial charge < -0.3 is 10.6 Å². The van der Waals surface area contributed by atoms with Gasteiger partial charge in [-0.05, 0) is 44.9 Å². The Morgan fingerprint density at radius 3 is 2.60 bits per heavy atom. The van der Waals surface area contributed by atoms with Crippen molar-refractivity contribution in [3.8, 4) is 5.69 Å². The zero-order chi connectivity index (χ0) is 17.3. The van der Waals surface area contributed by atoms with Gasteiger partial charge in [0.25, 0.3) is 5.91 Å². The van der Waals surface area contributed by atoms with Gasteiger partial charge in [0.1, 0.15) is 0 Å². The van der Waals surface area contributed by atoms with Crippen molar-refractivity contribution in [2.75, 3.05) is 13.1 Å². The number of hydrogen-bond acceptors (Lipinski definition) is 4. The predicted molar refractivity (Wildman–Crippen MR) is 99.5 cm³/mol. The summed E-state index contributed by atoms with van der Waals surface area (Å²) < 4.78 is 1.63. The second-order valence-corrected chi connectivity index (χ2v) is 6.39. The van der Waals surface area contributed by atoms with Gasteiger partial charge in [-0.25, -0.2) is 4.68 Å². The molecule has 134 valence electrons. The lowest BCUT2D eigenvalue weighted by molar-refractivity contribution is 0.0734. The highest BCUT2D eigenvalue weighted by atomic mass is 35.5. The summed E-state index contributed by atoms with van der Waals surface area (Å²) in [6, 6.07) is 11.0. The summed E-state index contributed by atoms with van der Waals surface area (Å²) in [4.78, 5) is 26.9. The lowest BCUT2D eigenvalue weighted by Gasteiger charge is -2.21. The number of aromatic nitrogens is 2. The molecule has 0 saturated carbocycles. The van der Waals surface area contributed by atoms with Gasteiger partial charge in [-0.2, -0.15) is 5.10 Å². The van der Waals surface area contributed by atoms with E-state index in [0.717, 1.165) is 12.1 Å². The largest absolute Gasteiger partial charge is 0.334 e. The quantitative estimate of drug-likeness (QED) is 0.902. The molecule has 0 bridgehead atoms. The van der Waals surface area contributed by atoms with E-state index in [0.29, 0.717) is 18.8 Å². The molecule has 1 aromatic heterocycles. The van der Waals surface area contributed by atoms with Crippen molar-refractivity contribution in [3.05, 3.63) is 58.0 Å². The van der Waals surface area contributed by atoms with Crippen LogP contribution in [0.25, 0.3) is 5.69 Å². The van der Waals surface area contributed by atoms with Crippen LogP contribution in [-0.2, 0) is 0 Å². The van der Waals surface area contributed by atoms with Crippen molar-refractivity contribution in [1.82, 2.24) is 14.7 Å². The van der Waals surface area contributed by atoms with Gasteiger partial charge in [0.05, 0.1) is 5.69 Å². The Labute approximate surface area is 153 Å². The molecule has 6 nitrogen and oxygen atoms in total. The van der Waals surface area contributed by atoms with E-state index in [2.05, 4.69) is 5.10 Å². The maximum atomic E-state index is 12.8. The Hall–Kier alpha value is -2.18. The van der Waals surface area contributed by atoms with Crippen LogP contribution in [0, 0.1) is 12.8 Å². The van der Waals surface area contributed by atoms with E-state index < -0.39 is 0 Å². The zero-order valence-electron chi connectivity index (χ0n) is 14.4. The molecule has 1 amide bonds. The molecule has 0 aliphatic carbocycles. The molecule has 1 aliphatic rings. The molecule has 25 heavy (non-hydrogen) atoms. The van der Waals surface area contributed by atoms with E-state index in [4.69, 9.17) is 5.73 Å². The molecule has 1 aromatic carbocycles. The third-order valence-electron chi connectivity index (χ3n) is 4.57. The van der Waals surface area contributed by atoms with E-state index in [1.807, 2.05) is 37.3 Å². The minimum Gasteiger partial charge on any atom is -0.334 e. The Bertz CT molecular complexity index is 806. The number of nitrogens with zero attached hydrogens (tertiary/aromatic N) is 3. The molecular formula is C18H23ClN4O2. The maximum Gasteiger partial charge on any atom is 0.278 e. The maximum absolute atomic E-state index is 12.8. The smallest absolute Gasteiger partial charge is 0.278 e. The van der Waals surface area contributed by atoms with Gasteiger partial charge in [-0.15, -0.1) is 12.4 Å². The highest BCUT2D eigenvalue weighted by Gasteiger charge is 2.34. The van der Waals surface area contributed by atoms with Crippen LogP contribution < -0.4 is 11.2 Å². The van der Waals surface area contributed by atoms with Crippen molar-refractivity contribution >= 4 is 18.3 Å². The van der Waals surface area contributed by atoms with E-state index in [1.54, 1.807) is 16.5 Å². The molecule has 0 spiro atoms. The predicted octanol–water partition coefficient (Wildman–Crippen LogP) is 1.77. The van der Waals surface area contributed by atoms with Crippen molar-refractivity contribution < 1.29 is 4.79 Å². The first kappa shape index (κ1) is 19.1. The molecule has 7 heteroatoms. The molecule has 2 aromatic rings. The highest BCUT2D eigenvalue weighted by Crippen LogP contribution is 2.23. The lowest BCUT2D eigenvalue weighted by Crippen LogP contribution is -2.38. The minimum atomic E-state index is -0.340. The van der Waals surface area contributed by atoms with Gasteiger partial charge in [0, 0.05) is 24.3 Å². The van der Waals surface area contributed by atoms with E-state index in [1.165, 1.54) is 6.07 Å². The molecule has 3 rings (SSSR count). The number of halogens is 1. The minimum absolute atomic E-state index is 0. The number of aryl methyl sites for hydroxylation is 1. The van der Waals surface area contributed by atoms with Crippen molar-refractivity contribution in [2.24, 2.45) is 11.7 Å². The third-order valence-corrected chi connectivity index (χ3v) is 4.57. The number of rotatable bonds is 3. The fraction of sp³-hybridized carbons (Fsp3) is 0.389. The SMILES string of the molecule is Cc1cc(=O)c(C(=O)N2CC(CN)CC2C)nn1-c1ccccc1.Cl. The molecule has 2 atom stereocenters. The molecule has 0 radical (unpaired) electrons. The van der Waals surface area contributed by atoms with Crippen LogP contribution in [0.5, 0.6) is 0 Å². The van der Waals surface area contributed by atoms with Gasteiger partial charge in [0.15, 0.2) is 5.69 Å². The summed E-state index contributed by atoms with van der Waals surface area (Å²) in [6.45, 7) is 4.91. The summed E-state index contributed by atoms with van der Waals surface area (Å²) in [7, 11) is 0. The van der Waals surface area contributed by atoms with Gasteiger partial charge >= 0.3 is 0 Å². The molecule has 2 unspecified atom stereocenters. The second kappa shape index (κ2) is 7.80. The molecule has 2 heterocycles. The molecule has 1 aliphatic heterocycles. The number of carbonyl (C=O) groups is 1. The Kier molecular flexibility index (Phi) is 5.98. The number of para-hydroxylation sites is 1. The Balaban J connectivity index is 0.00000225. The van der Waals surface area contributed by atoms with Crippen LogP contribution in [0.1, 0.15) is 29.5 Å². The summed E-state index contributed by atoms with van der Waals surface area (Å²) in [5, 5.41) is 4.35. The van der Waals surface area contributed by atoms with Crippen molar-refractivity contribution in [2.45, 2.75) is 26.3 Å². The van der Waals surface area contributed by atoms with Crippen molar-refractivity contribution in [1.29, 1.82) is 0 Å². The molecule has 1 saturated heterocycles. The third kappa shape index (κ3) is 3.75. The Morgan fingerprint density at radius 1 is 1.32 bits per heavy atom. The van der Waals surface area contributed by atoms with E-state index >= 15 is 0 Å². The number of amides is 1. The number of carbonyl (C=O) groups excluding carboxylic acids is 1. The van der Waals surface area contributed by atoms with Crippen LogP contribution >= 0.6 is 12.4 Å². The van der Waals surface area contributed by atoms with E-state index in [9.17, 15) is 9.59 Å². The summed E-state index contributed by atoms with van der Waals surface area (Å²) >= 11 is 0. The lowest BCUT2D eigenvalue weighted by atomic mass is 10.1. The fourth-order valence-electron chi connectivity index (χ4n) is 3.26. The van der Waals surface area contributed by atoms with Crippen LogP contribution in [0.4, 0.5) is 0 Å². The van der Waals surface area contributed by atoms with Gasteiger partial charge in [0.2, 0.25) is 5.43 Å². The normalized spacial score (nSPS) is 19.6. The van der Waals surface area contributed by atoms with E-state index in [-0.39, 0.29) is 41.4 Å². The first-order valence-electron chi connectivity index (χ1n) is 8.18. The van der Waals surface area contributed by atoms with Crippen LogP contribution in [0.15, 0.2) is 41.2 Å². The van der Waals surface area contributed by atoms with Crippen LogP contribution in [0.2, 0.25) is 0 Å². The number of hydrogen-bond donors (Lipinski definition) is 1. The van der Waals surface area contributed by atoms with Gasteiger partial charge in [-0.3, -0.25) is 9.59 Å². The number of nitrogens with two attached hydrogens (primary N) is 1. The standard InChI is InChI=1S/C18H22N4O2.ClH/c1-12-8-14(10-19)11-21(12)18(24)17-16(23)9-13(2)22(20-17)15-6-4-3-5-7-15;/h3-7,9,12,14H,8,10-11,19H2,1-2H3;1H. The first-order chi connectivity index (χ1) is 11.5. The summed E-state index contributed by atoms with van der Waals surface area (Å²) in [5.41, 5.74) is 6.86. The topological polar surface area (TPSA) is 81.2 Å². The summed E-state index contributed by atoms with van der Waals surface area (Å²) in [6.07, 6.45) is 0.862. The number of likely N-dealkylation sites (tertiary alicyclic amines) is 1. The summed E-state index contributed by atoms with van der Waals surface area (Å²) in [5.74, 6) is -0.0288. The molecule has 2 N–H and O–H groups in total. The Morgan fingerprint density at radius 2 is 2.00 bits per heavy atom. The molecule has 1 fully saturated rings. The number of benzene rings is 1. The highest BCUT2D eigenvalue weighted by molar-refractivity contribution is 5.92.